The zero-order valence-corrected chi connectivity index (χ0v) is 19.6. The van der Waals surface area contributed by atoms with E-state index >= 15 is 0 Å². The third kappa shape index (κ3) is 6.54. The Morgan fingerprint density at radius 3 is 2.13 bits per heavy atom. The largest absolute Gasteiger partial charge is 0.478 e. The van der Waals surface area contributed by atoms with Crippen molar-refractivity contribution >= 4 is 11.9 Å². The molecule has 3 atom stereocenters. The molecule has 6 heteroatoms. The predicted molar refractivity (Wildman–Crippen MR) is 121 cm³/mol. The summed E-state index contributed by atoms with van der Waals surface area (Å²) in [5, 5.41) is 9.79. The maximum Gasteiger partial charge on any atom is 0.331 e. The molecule has 170 valence electrons. The van der Waals surface area contributed by atoms with E-state index in [0.29, 0.717) is 25.1 Å². The molecular weight excluding hydrogens is 380 g/mol. The lowest BCUT2D eigenvalue weighted by Crippen LogP contribution is -2.65. The lowest BCUT2D eigenvalue weighted by Gasteiger charge is -2.51. The molecule has 0 aromatic rings. The van der Waals surface area contributed by atoms with Crippen LogP contribution in [0.25, 0.3) is 0 Å². The minimum absolute atomic E-state index is 0.0106. The topological polar surface area (TPSA) is 70.1 Å². The van der Waals surface area contributed by atoms with Gasteiger partial charge in [0.2, 0.25) is 5.91 Å². The number of ether oxygens (including phenoxy) is 1. The number of carboxylic acids is 1. The zero-order chi connectivity index (χ0) is 23.1. The SMILES string of the molecule is C=CCN(CC=C)[C@H]1CC(C(=O)O)=C[C@@H](OC(CC)CC)[C@@H]1N(C(C)=O)C(C)(C)C. The summed E-state index contributed by atoms with van der Waals surface area (Å²) in [6.07, 6.45) is 6.74. The molecule has 0 radical (unpaired) electrons. The monoisotopic (exact) mass is 420 g/mol. The lowest BCUT2D eigenvalue weighted by molar-refractivity contribution is -0.148. The summed E-state index contributed by atoms with van der Waals surface area (Å²) in [6.45, 7) is 20.5. The molecule has 0 saturated carbocycles. The number of aliphatic carboxylic acids is 1. The first-order chi connectivity index (χ1) is 14.0. The Morgan fingerprint density at radius 2 is 1.77 bits per heavy atom. The summed E-state index contributed by atoms with van der Waals surface area (Å²) < 4.78 is 6.43. The van der Waals surface area contributed by atoms with Gasteiger partial charge in [0.25, 0.3) is 0 Å². The fourth-order valence-electron chi connectivity index (χ4n) is 4.38. The fourth-order valence-corrected chi connectivity index (χ4v) is 4.38. The maximum absolute atomic E-state index is 12.8. The highest BCUT2D eigenvalue weighted by Crippen LogP contribution is 2.34. The molecule has 1 aliphatic rings. The molecule has 0 aliphatic heterocycles. The molecule has 0 bridgehead atoms. The molecule has 0 saturated heterocycles. The van der Waals surface area contributed by atoms with Gasteiger partial charge in [0.05, 0.1) is 18.2 Å². The normalized spacial score (nSPS) is 22.0. The summed E-state index contributed by atoms with van der Waals surface area (Å²) in [6, 6.07) is -0.564. The van der Waals surface area contributed by atoms with Gasteiger partial charge < -0.3 is 14.7 Å². The van der Waals surface area contributed by atoms with Gasteiger partial charge in [-0.25, -0.2) is 4.79 Å². The van der Waals surface area contributed by atoms with Crippen molar-refractivity contribution in [1.29, 1.82) is 0 Å². The van der Waals surface area contributed by atoms with Gasteiger partial charge in [0.15, 0.2) is 0 Å². The minimum atomic E-state index is -0.945. The van der Waals surface area contributed by atoms with Crippen LogP contribution in [-0.2, 0) is 14.3 Å². The Kier molecular flexibility index (Phi) is 9.98. The number of carbonyl (C=O) groups excluding carboxylic acids is 1. The number of hydrogen-bond donors (Lipinski definition) is 1. The Labute approximate surface area is 182 Å². The first-order valence-corrected chi connectivity index (χ1v) is 10.9. The highest BCUT2D eigenvalue weighted by Gasteiger charge is 2.46. The molecule has 0 unspecified atom stereocenters. The smallest absolute Gasteiger partial charge is 0.331 e. The van der Waals surface area contributed by atoms with Gasteiger partial charge in [-0.1, -0.05) is 26.0 Å². The predicted octanol–water partition coefficient (Wildman–Crippen LogP) is 4.03. The van der Waals surface area contributed by atoms with Crippen molar-refractivity contribution in [2.45, 2.75) is 90.6 Å². The van der Waals surface area contributed by atoms with E-state index in [-0.39, 0.29) is 24.1 Å². The van der Waals surface area contributed by atoms with Crippen molar-refractivity contribution in [3.05, 3.63) is 37.0 Å². The van der Waals surface area contributed by atoms with Crippen LogP contribution < -0.4 is 0 Å². The highest BCUT2D eigenvalue weighted by molar-refractivity contribution is 5.87. The van der Waals surface area contributed by atoms with E-state index in [4.69, 9.17) is 4.74 Å². The third-order valence-electron chi connectivity index (χ3n) is 5.62. The van der Waals surface area contributed by atoms with Gasteiger partial charge in [-0.05, 0) is 46.1 Å². The van der Waals surface area contributed by atoms with Crippen molar-refractivity contribution in [1.82, 2.24) is 9.80 Å². The van der Waals surface area contributed by atoms with Crippen molar-refractivity contribution in [2.75, 3.05) is 13.1 Å². The molecule has 0 spiro atoms. The van der Waals surface area contributed by atoms with Crippen molar-refractivity contribution in [3.8, 4) is 0 Å². The highest BCUT2D eigenvalue weighted by atomic mass is 16.5. The maximum atomic E-state index is 12.8. The van der Waals surface area contributed by atoms with E-state index in [1.807, 2.05) is 25.7 Å². The Balaban J connectivity index is 3.65. The molecule has 0 aromatic carbocycles. The van der Waals surface area contributed by atoms with Gasteiger partial charge >= 0.3 is 5.97 Å². The number of hydrogen-bond acceptors (Lipinski definition) is 4. The van der Waals surface area contributed by atoms with Gasteiger partial charge in [-0.2, -0.15) is 0 Å². The van der Waals surface area contributed by atoms with Crippen LogP contribution in [0.4, 0.5) is 0 Å². The molecule has 6 nitrogen and oxygen atoms in total. The summed E-state index contributed by atoms with van der Waals surface area (Å²) in [5.41, 5.74) is -0.130. The quantitative estimate of drug-likeness (QED) is 0.511. The van der Waals surface area contributed by atoms with Crippen LogP contribution >= 0.6 is 0 Å². The second-order valence-corrected chi connectivity index (χ2v) is 8.89. The van der Waals surface area contributed by atoms with E-state index in [1.54, 1.807) is 25.2 Å². The van der Waals surface area contributed by atoms with Crippen molar-refractivity contribution in [3.63, 3.8) is 0 Å². The van der Waals surface area contributed by atoms with Gasteiger partial charge in [0, 0.05) is 37.2 Å². The molecule has 1 amide bonds. The second kappa shape index (κ2) is 11.5. The molecule has 30 heavy (non-hydrogen) atoms. The first kappa shape index (κ1) is 26.1. The number of amides is 1. The summed E-state index contributed by atoms with van der Waals surface area (Å²) in [5.74, 6) is -1.00. The molecule has 0 fully saturated rings. The van der Waals surface area contributed by atoms with Crippen molar-refractivity contribution < 1.29 is 19.4 Å². The average Bonchev–Trinajstić information content (AvgIpc) is 2.65. The summed E-state index contributed by atoms with van der Waals surface area (Å²) in [7, 11) is 0. The Bertz CT molecular complexity index is 636. The molecular formula is C24H40N2O4. The first-order valence-electron chi connectivity index (χ1n) is 10.9. The molecule has 0 aromatic heterocycles. The molecule has 1 aliphatic carbocycles. The number of carbonyl (C=O) groups is 2. The Morgan fingerprint density at radius 1 is 1.23 bits per heavy atom. The van der Waals surface area contributed by atoms with Crippen LogP contribution in [0, 0.1) is 0 Å². The fraction of sp³-hybridized carbons (Fsp3) is 0.667. The van der Waals surface area contributed by atoms with E-state index in [9.17, 15) is 14.7 Å². The van der Waals surface area contributed by atoms with Crippen LogP contribution in [0.1, 0.15) is 60.8 Å². The van der Waals surface area contributed by atoms with Gasteiger partial charge in [-0.15, -0.1) is 13.2 Å². The minimum Gasteiger partial charge on any atom is -0.478 e. The van der Waals surface area contributed by atoms with Crippen LogP contribution in [0.5, 0.6) is 0 Å². The van der Waals surface area contributed by atoms with Gasteiger partial charge in [0.1, 0.15) is 0 Å². The summed E-state index contributed by atoms with van der Waals surface area (Å²) in [4.78, 5) is 28.8. The summed E-state index contributed by atoms with van der Waals surface area (Å²) >= 11 is 0. The average molecular weight is 421 g/mol. The van der Waals surface area contributed by atoms with E-state index in [0.717, 1.165) is 12.8 Å². The van der Waals surface area contributed by atoms with Crippen LogP contribution in [0.3, 0.4) is 0 Å². The standard InChI is InChI=1S/C24H40N2O4/c1-9-13-25(14-10-2)20-15-18(23(28)29)16-21(30-19(11-3)12-4)22(20)26(17(5)27)24(6,7)8/h9-10,16,19-22H,1-2,11-15H2,3-8H3,(H,28,29)/t20-,21+,22+/m0/s1. The number of nitrogens with zero attached hydrogens (tertiary/aromatic N) is 2. The van der Waals surface area contributed by atoms with Crippen LogP contribution in [-0.4, -0.2) is 69.7 Å². The van der Waals surface area contributed by atoms with Crippen LogP contribution in [0.2, 0.25) is 0 Å². The Hall–Kier alpha value is -1.92. The molecule has 1 N–H and O–H groups in total. The van der Waals surface area contributed by atoms with Crippen molar-refractivity contribution in [2.24, 2.45) is 0 Å². The number of carboxylic acid groups (broad SMARTS) is 1. The van der Waals surface area contributed by atoms with E-state index < -0.39 is 17.6 Å². The number of rotatable bonds is 11. The van der Waals surface area contributed by atoms with Gasteiger partial charge in [-0.3, -0.25) is 9.69 Å². The molecule has 1 rings (SSSR count). The zero-order valence-electron chi connectivity index (χ0n) is 19.6. The third-order valence-corrected chi connectivity index (χ3v) is 5.62. The van der Waals surface area contributed by atoms with E-state index in [1.165, 1.54) is 0 Å². The lowest BCUT2D eigenvalue weighted by atomic mass is 9.83. The van der Waals surface area contributed by atoms with Crippen LogP contribution in [0.15, 0.2) is 37.0 Å². The van der Waals surface area contributed by atoms with E-state index in [2.05, 4.69) is 31.9 Å². The second-order valence-electron chi connectivity index (χ2n) is 8.89. The molecule has 0 heterocycles.